The minimum absolute atomic E-state index is 0.161. The van der Waals surface area contributed by atoms with Gasteiger partial charge in [-0.2, -0.15) is 4.31 Å². The molecule has 3 aromatic carbocycles. The lowest BCUT2D eigenvalue weighted by Crippen LogP contribution is -2.37. The smallest absolute Gasteiger partial charge is 0.243 e. The molecule has 0 aliphatic rings. The van der Waals surface area contributed by atoms with E-state index in [0.717, 1.165) is 15.1 Å². The summed E-state index contributed by atoms with van der Waals surface area (Å²) in [7, 11) is -3.80. The van der Waals surface area contributed by atoms with E-state index < -0.39 is 15.9 Å². The summed E-state index contributed by atoms with van der Waals surface area (Å²) in [5.74, 6) is -0.450. The molecule has 0 bridgehead atoms. The van der Waals surface area contributed by atoms with Gasteiger partial charge in [0.1, 0.15) is 0 Å². The predicted molar refractivity (Wildman–Crippen MR) is 108 cm³/mol. The van der Waals surface area contributed by atoms with Crippen LogP contribution in [-0.2, 0) is 14.8 Å². The number of rotatable bonds is 6. The summed E-state index contributed by atoms with van der Waals surface area (Å²) < 4.78 is 27.1. The summed E-state index contributed by atoms with van der Waals surface area (Å²) in [6.45, 7) is 1.57. The predicted octanol–water partition coefficient (Wildman–Crippen LogP) is 4.14. The second kappa shape index (κ2) is 8.08. The zero-order valence-electron chi connectivity index (χ0n) is 14.7. The molecule has 0 fully saturated rings. The third-order valence-corrected chi connectivity index (χ3v) is 6.43. The molecule has 27 heavy (non-hydrogen) atoms. The topological polar surface area (TPSA) is 66.5 Å². The van der Waals surface area contributed by atoms with Crippen LogP contribution in [0.3, 0.4) is 0 Å². The molecule has 0 aliphatic heterocycles. The van der Waals surface area contributed by atoms with E-state index in [1.807, 2.05) is 24.3 Å². The van der Waals surface area contributed by atoms with Gasteiger partial charge in [0.05, 0.1) is 22.2 Å². The van der Waals surface area contributed by atoms with Crippen molar-refractivity contribution in [3.63, 3.8) is 0 Å². The molecule has 0 aliphatic carbocycles. The number of carbonyl (C=O) groups excluding carboxylic acids is 1. The summed E-state index contributed by atoms with van der Waals surface area (Å²) in [4.78, 5) is 12.5. The fourth-order valence-electron chi connectivity index (χ4n) is 2.76. The molecule has 0 aromatic heterocycles. The minimum Gasteiger partial charge on any atom is -0.324 e. The fraction of sp³-hybridized carbons (Fsp3) is 0.150. The minimum atomic E-state index is -3.80. The molecule has 140 valence electrons. The number of fused-ring (bicyclic) bond motifs is 1. The van der Waals surface area contributed by atoms with Crippen LogP contribution >= 0.6 is 11.6 Å². The van der Waals surface area contributed by atoms with Crippen LogP contribution in [0.1, 0.15) is 6.92 Å². The molecule has 0 heterocycles. The molecule has 0 saturated carbocycles. The van der Waals surface area contributed by atoms with E-state index in [0.29, 0.717) is 10.7 Å². The monoisotopic (exact) mass is 402 g/mol. The molecule has 0 radical (unpaired) electrons. The van der Waals surface area contributed by atoms with Crippen molar-refractivity contribution < 1.29 is 13.2 Å². The number of halogens is 1. The zero-order valence-corrected chi connectivity index (χ0v) is 16.3. The quantitative estimate of drug-likeness (QED) is 0.673. The van der Waals surface area contributed by atoms with Crippen LogP contribution in [0.25, 0.3) is 10.8 Å². The van der Waals surface area contributed by atoms with Crippen LogP contribution in [0.4, 0.5) is 5.69 Å². The lowest BCUT2D eigenvalue weighted by atomic mass is 10.1. The van der Waals surface area contributed by atoms with Gasteiger partial charge in [0, 0.05) is 6.54 Å². The average molecular weight is 403 g/mol. The molecule has 1 amide bonds. The van der Waals surface area contributed by atoms with Gasteiger partial charge in [-0.05, 0) is 35.0 Å². The van der Waals surface area contributed by atoms with Gasteiger partial charge in [0.15, 0.2) is 0 Å². The second-order valence-electron chi connectivity index (χ2n) is 5.97. The van der Waals surface area contributed by atoms with E-state index in [-0.39, 0.29) is 18.0 Å². The van der Waals surface area contributed by atoms with Gasteiger partial charge in [-0.1, -0.05) is 61.0 Å². The summed E-state index contributed by atoms with van der Waals surface area (Å²) in [5, 5.41) is 4.83. The maximum absolute atomic E-state index is 13.0. The highest BCUT2D eigenvalue weighted by molar-refractivity contribution is 7.89. The van der Waals surface area contributed by atoms with Gasteiger partial charge < -0.3 is 5.32 Å². The van der Waals surface area contributed by atoms with Gasteiger partial charge in [0.2, 0.25) is 15.9 Å². The van der Waals surface area contributed by atoms with Crippen molar-refractivity contribution >= 4 is 44.0 Å². The van der Waals surface area contributed by atoms with Crippen molar-refractivity contribution in [2.45, 2.75) is 11.8 Å². The molecule has 5 nitrogen and oxygen atoms in total. The van der Waals surface area contributed by atoms with Crippen LogP contribution in [0, 0.1) is 0 Å². The number of anilines is 1. The number of sulfonamides is 1. The largest absolute Gasteiger partial charge is 0.324 e. The molecule has 0 atom stereocenters. The highest BCUT2D eigenvalue weighted by Gasteiger charge is 2.25. The number of hydrogen-bond donors (Lipinski definition) is 1. The Labute approximate surface area is 163 Å². The van der Waals surface area contributed by atoms with E-state index >= 15 is 0 Å². The third kappa shape index (κ3) is 4.30. The standard InChI is InChI=1S/C20H19ClN2O3S/c1-2-23(14-20(24)22-19-10-6-5-9-18(19)21)27(25,26)17-12-11-15-7-3-4-8-16(15)13-17/h3-13H,2,14H2,1H3,(H,22,24). The van der Waals surface area contributed by atoms with E-state index in [9.17, 15) is 13.2 Å². The van der Waals surface area contributed by atoms with E-state index in [1.165, 1.54) is 0 Å². The highest BCUT2D eigenvalue weighted by Crippen LogP contribution is 2.23. The first-order chi connectivity index (χ1) is 12.9. The molecule has 0 saturated heterocycles. The molecule has 7 heteroatoms. The third-order valence-electron chi connectivity index (χ3n) is 4.18. The summed E-state index contributed by atoms with van der Waals surface area (Å²) in [5.41, 5.74) is 0.448. The van der Waals surface area contributed by atoms with Crippen molar-refractivity contribution in [2.24, 2.45) is 0 Å². The van der Waals surface area contributed by atoms with Crippen molar-refractivity contribution in [2.75, 3.05) is 18.4 Å². The highest BCUT2D eigenvalue weighted by atomic mass is 35.5. The number of benzene rings is 3. The van der Waals surface area contributed by atoms with Crippen molar-refractivity contribution in [1.29, 1.82) is 0 Å². The first-order valence-electron chi connectivity index (χ1n) is 8.45. The zero-order chi connectivity index (χ0) is 19.4. The molecule has 3 rings (SSSR count). The lowest BCUT2D eigenvalue weighted by molar-refractivity contribution is -0.116. The summed E-state index contributed by atoms with van der Waals surface area (Å²) in [6, 6.07) is 19.3. The number of carbonyl (C=O) groups is 1. The summed E-state index contributed by atoms with van der Waals surface area (Å²) >= 11 is 6.03. The Morgan fingerprint density at radius 2 is 1.67 bits per heavy atom. The van der Waals surface area contributed by atoms with Crippen molar-refractivity contribution in [3.8, 4) is 0 Å². The number of nitrogens with zero attached hydrogens (tertiary/aromatic N) is 1. The Morgan fingerprint density at radius 1 is 1.00 bits per heavy atom. The van der Waals surface area contributed by atoms with Crippen molar-refractivity contribution in [3.05, 3.63) is 71.8 Å². The number of hydrogen-bond acceptors (Lipinski definition) is 3. The Balaban J connectivity index is 1.82. The van der Waals surface area contributed by atoms with Crippen LogP contribution in [0.2, 0.25) is 5.02 Å². The Kier molecular flexibility index (Phi) is 5.79. The van der Waals surface area contributed by atoms with E-state index in [1.54, 1.807) is 49.4 Å². The normalized spacial score (nSPS) is 11.7. The molecule has 0 unspecified atom stereocenters. The molecule has 0 spiro atoms. The van der Waals surface area contributed by atoms with Gasteiger partial charge in [-0.25, -0.2) is 8.42 Å². The summed E-state index contributed by atoms with van der Waals surface area (Å²) in [6.07, 6.45) is 0. The fourth-order valence-corrected chi connectivity index (χ4v) is 4.38. The Bertz CT molecular complexity index is 1080. The van der Waals surface area contributed by atoms with Gasteiger partial charge >= 0.3 is 0 Å². The lowest BCUT2D eigenvalue weighted by Gasteiger charge is -2.20. The molecular weight excluding hydrogens is 384 g/mol. The first-order valence-corrected chi connectivity index (χ1v) is 10.3. The Hall–Kier alpha value is -2.41. The maximum Gasteiger partial charge on any atom is 0.243 e. The van der Waals surface area contributed by atoms with E-state index in [2.05, 4.69) is 5.32 Å². The number of nitrogens with one attached hydrogen (secondary N) is 1. The van der Waals surface area contributed by atoms with Gasteiger partial charge in [-0.3, -0.25) is 4.79 Å². The van der Waals surface area contributed by atoms with Crippen LogP contribution < -0.4 is 5.32 Å². The number of para-hydroxylation sites is 1. The van der Waals surface area contributed by atoms with Gasteiger partial charge in [0.25, 0.3) is 0 Å². The van der Waals surface area contributed by atoms with Crippen LogP contribution in [-0.4, -0.2) is 31.7 Å². The SMILES string of the molecule is CCN(CC(=O)Nc1ccccc1Cl)S(=O)(=O)c1ccc2ccccc2c1. The first kappa shape index (κ1) is 19.4. The molecular formula is C20H19ClN2O3S. The van der Waals surface area contributed by atoms with Gasteiger partial charge in [-0.15, -0.1) is 0 Å². The van der Waals surface area contributed by atoms with Crippen molar-refractivity contribution in [1.82, 2.24) is 4.31 Å². The number of amides is 1. The Morgan fingerprint density at radius 3 is 2.37 bits per heavy atom. The van der Waals surface area contributed by atoms with E-state index in [4.69, 9.17) is 11.6 Å². The van der Waals surface area contributed by atoms with Crippen LogP contribution in [0.5, 0.6) is 0 Å². The van der Waals surface area contributed by atoms with Crippen LogP contribution in [0.15, 0.2) is 71.6 Å². The maximum atomic E-state index is 13.0. The second-order valence-corrected chi connectivity index (χ2v) is 8.31. The average Bonchev–Trinajstić information content (AvgIpc) is 2.67. The number of likely N-dealkylation sites (N-methyl/N-ethyl adjacent to an activating group) is 1. The molecule has 3 aromatic rings. The molecule has 1 N–H and O–H groups in total.